The standard InChI is InChI=1S/C10H20O.C3H8O2/c1-3-4-5-6-7-8-9-10(2)11;1-3(5)2-4/h3-9H2,1-2H3;3-5H,2H2,1H3. The van der Waals surface area contributed by atoms with Crippen LogP contribution in [0.25, 0.3) is 0 Å². The van der Waals surface area contributed by atoms with Crippen molar-refractivity contribution in [3.63, 3.8) is 0 Å². The van der Waals surface area contributed by atoms with Crippen molar-refractivity contribution in [3.8, 4) is 0 Å². The van der Waals surface area contributed by atoms with Crippen LogP contribution in [0.4, 0.5) is 0 Å². The van der Waals surface area contributed by atoms with Gasteiger partial charge in [-0.25, -0.2) is 0 Å². The highest BCUT2D eigenvalue weighted by Gasteiger charge is 1.92. The Morgan fingerprint density at radius 2 is 1.56 bits per heavy atom. The number of hydrogen-bond donors (Lipinski definition) is 2. The molecule has 3 nitrogen and oxygen atoms in total. The number of aliphatic hydroxyl groups is 2. The Bertz CT molecular complexity index is 144. The first kappa shape index (κ1) is 18.0. The third-order valence-corrected chi connectivity index (χ3v) is 2.15. The fourth-order valence-corrected chi connectivity index (χ4v) is 1.15. The van der Waals surface area contributed by atoms with Gasteiger partial charge in [0, 0.05) is 6.42 Å². The van der Waals surface area contributed by atoms with Gasteiger partial charge in [-0.2, -0.15) is 0 Å². The molecular weight excluding hydrogens is 204 g/mol. The number of carbonyl (C=O) groups is 1. The van der Waals surface area contributed by atoms with E-state index in [0.29, 0.717) is 5.78 Å². The predicted octanol–water partition coefficient (Wildman–Crippen LogP) is 2.69. The van der Waals surface area contributed by atoms with E-state index in [-0.39, 0.29) is 6.61 Å². The Morgan fingerprint density at radius 3 is 1.94 bits per heavy atom. The highest BCUT2D eigenvalue weighted by Crippen LogP contribution is 2.06. The average molecular weight is 232 g/mol. The third kappa shape index (κ3) is 23.4. The number of aliphatic hydroxyl groups excluding tert-OH is 2. The second-order valence-corrected chi connectivity index (χ2v) is 4.25. The summed E-state index contributed by atoms with van der Waals surface area (Å²) in [5.41, 5.74) is 0. The van der Waals surface area contributed by atoms with Gasteiger partial charge in [-0.1, -0.05) is 39.0 Å². The maximum Gasteiger partial charge on any atom is 0.129 e. The summed E-state index contributed by atoms with van der Waals surface area (Å²) in [6.07, 6.45) is 7.85. The molecule has 3 heteroatoms. The third-order valence-electron chi connectivity index (χ3n) is 2.15. The topological polar surface area (TPSA) is 57.5 Å². The van der Waals surface area contributed by atoms with E-state index in [4.69, 9.17) is 10.2 Å². The minimum atomic E-state index is -0.560. The Labute approximate surface area is 99.9 Å². The summed E-state index contributed by atoms with van der Waals surface area (Å²) in [7, 11) is 0. The summed E-state index contributed by atoms with van der Waals surface area (Å²) in [6, 6.07) is 0. The monoisotopic (exact) mass is 232 g/mol. The summed E-state index contributed by atoms with van der Waals surface area (Å²) >= 11 is 0. The zero-order chi connectivity index (χ0) is 12.8. The van der Waals surface area contributed by atoms with Crippen molar-refractivity contribution in [1.82, 2.24) is 0 Å². The predicted molar refractivity (Wildman–Crippen MR) is 67.4 cm³/mol. The van der Waals surface area contributed by atoms with E-state index >= 15 is 0 Å². The molecule has 0 amide bonds. The summed E-state index contributed by atoms with van der Waals surface area (Å²) in [5, 5.41) is 16.0. The molecule has 16 heavy (non-hydrogen) atoms. The lowest BCUT2D eigenvalue weighted by atomic mass is 10.1. The molecule has 98 valence electrons. The minimum absolute atomic E-state index is 0.139. The molecule has 0 aromatic rings. The van der Waals surface area contributed by atoms with Crippen molar-refractivity contribution in [2.24, 2.45) is 0 Å². The number of Topliss-reactive ketones (excluding diaryl/α,β-unsaturated/α-hetero) is 1. The van der Waals surface area contributed by atoms with Gasteiger partial charge < -0.3 is 15.0 Å². The van der Waals surface area contributed by atoms with E-state index in [1.165, 1.54) is 39.0 Å². The molecule has 2 N–H and O–H groups in total. The van der Waals surface area contributed by atoms with Crippen LogP contribution in [0.3, 0.4) is 0 Å². The first-order chi connectivity index (χ1) is 7.54. The highest BCUT2D eigenvalue weighted by atomic mass is 16.3. The molecule has 1 unspecified atom stereocenters. The summed E-state index contributed by atoms with van der Waals surface area (Å²) in [5.74, 6) is 0.334. The molecule has 0 bridgehead atoms. The van der Waals surface area contributed by atoms with Crippen molar-refractivity contribution in [2.75, 3.05) is 6.61 Å². The van der Waals surface area contributed by atoms with E-state index in [1.54, 1.807) is 6.92 Å². The summed E-state index contributed by atoms with van der Waals surface area (Å²) in [4.78, 5) is 10.5. The van der Waals surface area contributed by atoms with Crippen LogP contribution < -0.4 is 0 Å². The number of unbranched alkanes of at least 4 members (excludes halogenated alkanes) is 5. The van der Waals surface area contributed by atoms with Crippen LogP contribution in [0.5, 0.6) is 0 Å². The lowest BCUT2D eigenvalue weighted by molar-refractivity contribution is -0.117. The van der Waals surface area contributed by atoms with E-state index in [2.05, 4.69) is 6.92 Å². The number of rotatable bonds is 8. The average Bonchev–Trinajstić information content (AvgIpc) is 2.23. The van der Waals surface area contributed by atoms with Crippen molar-refractivity contribution in [1.29, 1.82) is 0 Å². The Morgan fingerprint density at radius 1 is 1.12 bits per heavy atom. The van der Waals surface area contributed by atoms with E-state index in [1.807, 2.05) is 0 Å². The second-order valence-electron chi connectivity index (χ2n) is 4.25. The summed E-state index contributed by atoms with van der Waals surface area (Å²) in [6.45, 7) is 5.28. The molecule has 0 aromatic carbocycles. The molecule has 0 rings (SSSR count). The Kier molecular flexibility index (Phi) is 16.4. The van der Waals surface area contributed by atoms with Gasteiger partial charge in [-0.3, -0.25) is 0 Å². The van der Waals surface area contributed by atoms with Gasteiger partial charge in [-0.15, -0.1) is 0 Å². The van der Waals surface area contributed by atoms with Crippen molar-refractivity contribution < 1.29 is 15.0 Å². The molecule has 0 spiro atoms. The first-order valence-electron chi connectivity index (χ1n) is 6.32. The number of carbonyl (C=O) groups excluding carboxylic acids is 1. The van der Waals surface area contributed by atoms with E-state index in [9.17, 15) is 4.79 Å². The van der Waals surface area contributed by atoms with Crippen LogP contribution in [0, 0.1) is 0 Å². The Hall–Kier alpha value is -0.410. The molecular formula is C13H28O3. The van der Waals surface area contributed by atoms with Gasteiger partial charge in [0.2, 0.25) is 0 Å². The first-order valence-corrected chi connectivity index (χ1v) is 6.32. The fraction of sp³-hybridized carbons (Fsp3) is 0.923. The van der Waals surface area contributed by atoms with Crippen LogP contribution in [0.2, 0.25) is 0 Å². The number of hydrogen-bond acceptors (Lipinski definition) is 3. The Balaban J connectivity index is 0. The largest absolute Gasteiger partial charge is 0.394 e. The molecule has 1 atom stereocenters. The molecule has 0 aliphatic carbocycles. The van der Waals surface area contributed by atoms with Crippen LogP contribution in [-0.2, 0) is 4.79 Å². The summed E-state index contributed by atoms with van der Waals surface area (Å²) < 4.78 is 0. The normalized spacial score (nSPS) is 11.6. The zero-order valence-corrected chi connectivity index (χ0v) is 11.0. The smallest absolute Gasteiger partial charge is 0.129 e. The fourth-order valence-electron chi connectivity index (χ4n) is 1.15. The zero-order valence-electron chi connectivity index (χ0n) is 11.0. The second kappa shape index (κ2) is 14.6. The van der Waals surface area contributed by atoms with Crippen LogP contribution >= 0.6 is 0 Å². The minimum Gasteiger partial charge on any atom is -0.394 e. The molecule has 0 saturated carbocycles. The van der Waals surface area contributed by atoms with Crippen molar-refractivity contribution >= 4 is 5.78 Å². The molecule has 0 saturated heterocycles. The van der Waals surface area contributed by atoms with E-state index in [0.717, 1.165) is 12.8 Å². The van der Waals surface area contributed by atoms with Gasteiger partial charge in [0.15, 0.2) is 0 Å². The molecule has 0 radical (unpaired) electrons. The lowest BCUT2D eigenvalue weighted by Crippen LogP contribution is -2.03. The van der Waals surface area contributed by atoms with Crippen molar-refractivity contribution in [3.05, 3.63) is 0 Å². The van der Waals surface area contributed by atoms with Crippen LogP contribution in [-0.4, -0.2) is 28.7 Å². The maximum absolute atomic E-state index is 10.5. The molecule has 0 aliphatic heterocycles. The van der Waals surface area contributed by atoms with Gasteiger partial charge in [0.25, 0.3) is 0 Å². The maximum atomic E-state index is 10.5. The lowest BCUT2D eigenvalue weighted by Gasteiger charge is -1.97. The molecule has 0 heterocycles. The van der Waals surface area contributed by atoms with Crippen LogP contribution in [0.1, 0.15) is 65.7 Å². The van der Waals surface area contributed by atoms with Gasteiger partial charge in [0.05, 0.1) is 12.7 Å². The highest BCUT2D eigenvalue weighted by molar-refractivity contribution is 5.75. The van der Waals surface area contributed by atoms with Crippen molar-refractivity contribution in [2.45, 2.75) is 71.8 Å². The molecule has 0 aliphatic rings. The molecule has 0 fully saturated rings. The van der Waals surface area contributed by atoms with Gasteiger partial charge >= 0.3 is 0 Å². The molecule has 0 aromatic heterocycles. The van der Waals surface area contributed by atoms with Gasteiger partial charge in [0.1, 0.15) is 5.78 Å². The van der Waals surface area contributed by atoms with Gasteiger partial charge in [-0.05, 0) is 20.3 Å². The van der Waals surface area contributed by atoms with Crippen LogP contribution in [0.15, 0.2) is 0 Å². The SMILES string of the molecule is CC(O)CO.CCCCCCCCC(C)=O. The van der Waals surface area contributed by atoms with E-state index < -0.39 is 6.10 Å². The number of ketones is 1. The quantitative estimate of drug-likeness (QED) is 0.633.